The van der Waals surface area contributed by atoms with Gasteiger partial charge in [-0.3, -0.25) is 9.98 Å². The molecule has 0 atom stereocenters. The number of anilines is 1. The first kappa shape index (κ1) is 21.5. The quantitative estimate of drug-likeness (QED) is 0.426. The van der Waals surface area contributed by atoms with Crippen LogP contribution in [-0.4, -0.2) is 18.7 Å². The minimum absolute atomic E-state index is 0.0286. The van der Waals surface area contributed by atoms with E-state index in [0.29, 0.717) is 4.90 Å². The fourth-order valence-electron chi connectivity index (χ4n) is 2.22. The Morgan fingerprint density at radius 1 is 1.07 bits per heavy atom. The zero-order chi connectivity index (χ0) is 20.9. The molecular formula is C19H18N4O3S2. The molecule has 0 radical (unpaired) electrons. The molecule has 0 fully saturated rings. The van der Waals surface area contributed by atoms with E-state index in [2.05, 4.69) is 31.3 Å². The molecule has 28 heavy (non-hydrogen) atoms. The predicted molar refractivity (Wildman–Crippen MR) is 108 cm³/mol. The van der Waals surface area contributed by atoms with E-state index in [1.165, 1.54) is 29.5 Å². The Morgan fingerprint density at radius 2 is 1.64 bits per heavy atom. The van der Waals surface area contributed by atoms with Crippen molar-refractivity contribution in [3.05, 3.63) is 48.0 Å². The smallest absolute Gasteiger partial charge is 0.282 e. The Balaban J connectivity index is 2.34. The number of nitriles is 2. The molecule has 0 saturated heterocycles. The Bertz CT molecular complexity index is 1070. The molecule has 0 heterocycles. The van der Waals surface area contributed by atoms with Crippen LogP contribution in [0, 0.1) is 22.7 Å². The van der Waals surface area contributed by atoms with E-state index < -0.39 is 20.7 Å². The van der Waals surface area contributed by atoms with Crippen molar-refractivity contribution in [3.63, 3.8) is 0 Å². The van der Waals surface area contributed by atoms with Gasteiger partial charge in [0.2, 0.25) is 5.71 Å². The fourth-order valence-corrected chi connectivity index (χ4v) is 3.82. The highest BCUT2D eigenvalue weighted by molar-refractivity contribution is 7.99. The van der Waals surface area contributed by atoms with Gasteiger partial charge in [0.25, 0.3) is 10.1 Å². The second-order valence-electron chi connectivity index (χ2n) is 6.81. The van der Waals surface area contributed by atoms with Gasteiger partial charge in [0.05, 0.1) is 5.69 Å². The minimum atomic E-state index is -4.55. The van der Waals surface area contributed by atoms with Gasteiger partial charge < -0.3 is 0 Å². The van der Waals surface area contributed by atoms with Gasteiger partial charge in [-0.2, -0.15) is 24.0 Å². The normalized spacial score (nSPS) is 11.2. The van der Waals surface area contributed by atoms with Gasteiger partial charge in [0.1, 0.15) is 17.0 Å². The maximum Gasteiger partial charge on any atom is 0.296 e. The van der Waals surface area contributed by atoms with Crippen LogP contribution in [0.15, 0.2) is 62.3 Å². The van der Waals surface area contributed by atoms with E-state index in [0.717, 1.165) is 4.90 Å². The minimum Gasteiger partial charge on any atom is -0.282 e. The Kier molecular flexibility index (Phi) is 6.47. The van der Waals surface area contributed by atoms with Crippen molar-refractivity contribution in [1.29, 1.82) is 10.5 Å². The van der Waals surface area contributed by atoms with Gasteiger partial charge in [0, 0.05) is 9.79 Å². The third-order valence-electron chi connectivity index (χ3n) is 3.69. The third-order valence-corrected chi connectivity index (χ3v) is 5.58. The standard InChI is InChI=1S/C19H18N4O3S2/c1-19(2,3)13-4-6-15(7-5-13)27-16-8-9-17(18(10-16)28(24,25)26)23-22-14(11-20)12-21/h4-10,23H,1-3H3,(H,24,25,26). The zero-order valence-corrected chi connectivity index (χ0v) is 17.1. The summed E-state index contributed by atoms with van der Waals surface area (Å²) in [6.07, 6.45) is 0. The van der Waals surface area contributed by atoms with Gasteiger partial charge in [0.15, 0.2) is 0 Å². The summed E-state index contributed by atoms with van der Waals surface area (Å²) >= 11 is 1.34. The predicted octanol–water partition coefficient (Wildman–Crippen LogP) is 4.20. The number of hydrazone groups is 1. The SMILES string of the molecule is CC(C)(C)c1ccc(Sc2ccc(NN=C(C#N)C#N)c(S(=O)(=O)O)c2)cc1. The molecular weight excluding hydrogens is 396 g/mol. The summed E-state index contributed by atoms with van der Waals surface area (Å²) in [7, 11) is -4.55. The van der Waals surface area contributed by atoms with Crippen molar-refractivity contribution >= 4 is 33.3 Å². The molecule has 0 aliphatic heterocycles. The lowest BCUT2D eigenvalue weighted by Gasteiger charge is -2.19. The molecule has 0 amide bonds. The van der Waals surface area contributed by atoms with Crippen LogP contribution in [0.1, 0.15) is 26.3 Å². The lowest BCUT2D eigenvalue weighted by molar-refractivity contribution is 0.483. The summed E-state index contributed by atoms with van der Waals surface area (Å²) in [6, 6.07) is 15.4. The molecule has 144 valence electrons. The number of hydrogen-bond donors (Lipinski definition) is 2. The van der Waals surface area contributed by atoms with Crippen LogP contribution < -0.4 is 5.43 Å². The number of hydrogen-bond acceptors (Lipinski definition) is 7. The molecule has 0 bridgehead atoms. The van der Waals surface area contributed by atoms with Crippen molar-refractivity contribution in [3.8, 4) is 12.1 Å². The van der Waals surface area contributed by atoms with Crippen LogP contribution in [0.3, 0.4) is 0 Å². The van der Waals surface area contributed by atoms with Crippen LogP contribution in [0.2, 0.25) is 0 Å². The van der Waals surface area contributed by atoms with E-state index in [1.54, 1.807) is 18.2 Å². The number of nitrogens with one attached hydrogen (secondary N) is 1. The summed E-state index contributed by atoms with van der Waals surface area (Å²) in [6.45, 7) is 6.35. The van der Waals surface area contributed by atoms with Gasteiger partial charge in [-0.1, -0.05) is 44.7 Å². The highest BCUT2D eigenvalue weighted by atomic mass is 32.2. The van der Waals surface area contributed by atoms with Crippen molar-refractivity contribution in [2.45, 2.75) is 40.9 Å². The number of nitrogens with zero attached hydrogens (tertiary/aromatic N) is 3. The van der Waals surface area contributed by atoms with Gasteiger partial charge in [-0.25, -0.2) is 0 Å². The molecule has 7 nitrogen and oxygen atoms in total. The average molecular weight is 415 g/mol. The fraction of sp³-hybridized carbons (Fsp3) is 0.211. The summed E-state index contributed by atoms with van der Waals surface area (Å²) in [5.74, 6) is 0. The summed E-state index contributed by atoms with van der Waals surface area (Å²) in [5, 5.41) is 20.9. The molecule has 2 N–H and O–H groups in total. The largest absolute Gasteiger partial charge is 0.296 e. The van der Waals surface area contributed by atoms with E-state index in [-0.39, 0.29) is 11.1 Å². The molecule has 0 aliphatic carbocycles. The molecule has 2 aromatic rings. The summed E-state index contributed by atoms with van der Waals surface area (Å²) in [5.41, 5.74) is 3.02. The lowest BCUT2D eigenvalue weighted by Crippen LogP contribution is -2.10. The summed E-state index contributed by atoms with van der Waals surface area (Å²) in [4.78, 5) is 1.10. The van der Waals surface area contributed by atoms with Crippen LogP contribution in [-0.2, 0) is 15.5 Å². The molecule has 2 rings (SSSR count). The van der Waals surface area contributed by atoms with Crippen LogP contribution in [0.5, 0.6) is 0 Å². The first-order valence-corrected chi connectivity index (χ1v) is 10.3. The second kappa shape index (κ2) is 8.44. The Morgan fingerprint density at radius 3 is 2.14 bits per heavy atom. The van der Waals surface area contributed by atoms with E-state index in [4.69, 9.17) is 10.5 Å². The molecule has 0 aromatic heterocycles. The van der Waals surface area contributed by atoms with Crippen molar-refractivity contribution in [1.82, 2.24) is 0 Å². The van der Waals surface area contributed by atoms with Crippen molar-refractivity contribution < 1.29 is 13.0 Å². The van der Waals surface area contributed by atoms with Crippen LogP contribution in [0.25, 0.3) is 0 Å². The monoisotopic (exact) mass is 414 g/mol. The van der Waals surface area contributed by atoms with E-state index in [9.17, 15) is 13.0 Å². The summed E-state index contributed by atoms with van der Waals surface area (Å²) < 4.78 is 33.0. The number of benzene rings is 2. The molecule has 0 unspecified atom stereocenters. The van der Waals surface area contributed by atoms with E-state index in [1.807, 2.05) is 24.3 Å². The maximum absolute atomic E-state index is 11.7. The number of rotatable bonds is 5. The van der Waals surface area contributed by atoms with E-state index >= 15 is 0 Å². The topological polar surface area (TPSA) is 126 Å². The van der Waals surface area contributed by atoms with Crippen molar-refractivity contribution in [2.75, 3.05) is 5.43 Å². The van der Waals surface area contributed by atoms with Crippen LogP contribution in [0.4, 0.5) is 5.69 Å². The maximum atomic E-state index is 11.7. The molecule has 0 saturated carbocycles. The van der Waals surface area contributed by atoms with Gasteiger partial charge in [-0.15, -0.1) is 0 Å². The lowest BCUT2D eigenvalue weighted by atomic mass is 9.87. The first-order valence-electron chi connectivity index (χ1n) is 8.08. The van der Waals surface area contributed by atoms with Crippen molar-refractivity contribution in [2.24, 2.45) is 5.10 Å². The molecule has 9 heteroatoms. The van der Waals surface area contributed by atoms with Crippen LogP contribution >= 0.6 is 11.8 Å². The highest BCUT2D eigenvalue weighted by Crippen LogP contribution is 2.33. The highest BCUT2D eigenvalue weighted by Gasteiger charge is 2.17. The average Bonchev–Trinajstić information content (AvgIpc) is 2.62. The zero-order valence-electron chi connectivity index (χ0n) is 15.5. The Labute approximate surface area is 168 Å². The second-order valence-corrected chi connectivity index (χ2v) is 9.34. The first-order chi connectivity index (χ1) is 13.0. The van der Waals surface area contributed by atoms with Gasteiger partial charge in [-0.05, 0) is 41.3 Å². The molecule has 2 aromatic carbocycles. The third kappa shape index (κ3) is 5.57. The van der Waals surface area contributed by atoms with Gasteiger partial charge >= 0.3 is 0 Å². The molecule has 0 spiro atoms. The molecule has 0 aliphatic rings. The Hall–Kier alpha value is -2.85.